The highest BCUT2D eigenvalue weighted by Gasteiger charge is 2.33. The topological polar surface area (TPSA) is 91.9 Å². The highest BCUT2D eigenvalue weighted by molar-refractivity contribution is 6.30. The van der Waals surface area contributed by atoms with Crippen molar-refractivity contribution >= 4 is 23.7 Å². The van der Waals surface area contributed by atoms with Gasteiger partial charge in [-0.1, -0.05) is 62.3 Å². The highest BCUT2D eigenvalue weighted by Crippen LogP contribution is 2.36. The number of hydrogen-bond donors (Lipinski definition) is 3. The number of methoxy groups -OCH3 is 1. The van der Waals surface area contributed by atoms with Crippen LogP contribution in [0, 0.1) is 17.7 Å². The Morgan fingerprint density at radius 2 is 1.92 bits per heavy atom. The number of urea groups is 1. The quantitative estimate of drug-likeness (QED) is 0.256. The molecular weight excluding hydrogens is 511 g/mol. The Hall–Kier alpha value is -2.10. The average molecular weight is 555 g/mol. The van der Waals surface area contributed by atoms with Gasteiger partial charge >= 0.3 is 12.1 Å². The summed E-state index contributed by atoms with van der Waals surface area (Å²) in [5.74, 6) is 0.0109. The number of nitrogens with zero attached hydrogens (tertiary/aromatic N) is 1. The number of likely N-dealkylation sites (N-methyl/N-ethyl adjacent to an activating group) is 1. The summed E-state index contributed by atoms with van der Waals surface area (Å²) in [4.78, 5) is 26.6. The molecule has 8 nitrogen and oxygen atoms in total. The third kappa shape index (κ3) is 9.27. The standard InChI is InChI=1S/C28H44ClFN4O4/c1-31-18-22(17-20-9-5-3-4-6-10-20)33-27(35)34-15-8-11-21(19-34)26(38-16-14-32-28(36)37-2)23-12-7-13-24(29)25(23)30/h7,12-13,20-22,26,31H,3-6,8-11,14-19H2,1-2H3,(H,32,36)(H,33,35)/t21-,22+,26?/m1/s1. The molecule has 3 N–H and O–H groups in total. The van der Waals surface area contributed by atoms with E-state index in [9.17, 15) is 9.59 Å². The average Bonchev–Trinajstić information content (AvgIpc) is 3.19. The monoisotopic (exact) mass is 554 g/mol. The fourth-order valence-corrected chi connectivity index (χ4v) is 5.96. The van der Waals surface area contributed by atoms with Crippen molar-refractivity contribution in [2.24, 2.45) is 11.8 Å². The van der Waals surface area contributed by atoms with E-state index in [1.807, 2.05) is 11.9 Å². The van der Waals surface area contributed by atoms with Crippen molar-refractivity contribution in [2.75, 3.05) is 46.9 Å². The van der Waals surface area contributed by atoms with Gasteiger partial charge in [-0.3, -0.25) is 0 Å². The van der Waals surface area contributed by atoms with Gasteiger partial charge in [-0.05, 0) is 38.3 Å². The van der Waals surface area contributed by atoms with Gasteiger partial charge in [0, 0.05) is 43.7 Å². The molecule has 3 atom stereocenters. The van der Waals surface area contributed by atoms with E-state index in [0.717, 1.165) is 25.8 Å². The van der Waals surface area contributed by atoms with Crippen LogP contribution in [0.25, 0.3) is 0 Å². The zero-order valence-corrected chi connectivity index (χ0v) is 23.5. The van der Waals surface area contributed by atoms with Gasteiger partial charge in [-0.2, -0.15) is 0 Å². The third-order valence-electron chi connectivity index (χ3n) is 7.69. The van der Waals surface area contributed by atoms with Crippen molar-refractivity contribution in [3.8, 4) is 0 Å². The van der Waals surface area contributed by atoms with Crippen LogP contribution in [-0.2, 0) is 9.47 Å². The predicted molar refractivity (Wildman–Crippen MR) is 147 cm³/mol. The number of nitrogens with one attached hydrogen (secondary N) is 3. The molecule has 1 saturated carbocycles. The Morgan fingerprint density at radius 1 is 1.16 bits per heavy atom. The third-order valence-corrected chi connectivity index (χ3v) is 7.98. The Kier molecular flexibility index (Phi) is 12.9. The van der Waals surface area contributed by atoms with E-state index in [0.29, 0.717) is 24.6 Å². The Balaban J connectivity index is 1.66. The highest BCUT2D eigenvalue weighted by atomic mass is 35.5. The summed E-state index contributed by atoms with van der Waals surface area (Å²) in [6, 6.07) is 4.87. The van der Waals surface area contributed by atoms with E-state index >= 15 is 4.39 Å². The largest absolute Gasteiger partial charge is 0.453 e. The minimum atomic E-state index is -0.608. The molecule has 0 radical (unpaired) electrons. The van der Waals surface area contributed by atoms with Gasteiger partial charge in [-0.15, -0.1) is 0 Å². The number of hydrogen-bond acceptors (Lipinski definition) is 5. The number of benzene rings is 1. The molecule has 3 rings (SSSR count). The van der Waals surface area contributed by atoms with Crippen LogP contribution in [0.15, 0.2) is 18.2 Å². The summed E-state index contributed by atoms with van der Waals surface area (Å²) >= 11 is 6.09. The van der Waals surface area contributed by atoms with Crippen LogP contribution >= 0.6 is 11.6 Å². The second-order valence-electron chi connectivity index (χ2n) is 10.5. The smallest absolute Gasteiger partial charge is 0.406 e. The fraction of sp³-hybridized carbons (Fsp3) is 0.714. The maximum absolute atomic E-state index is 15.1. The van der Waals surface area contributed by atoms with Crippen molar-refractivity contribution in [3.63, 3.8) is 0 Å². The van der Waals surface area contributed by atoms with Crippen molar-refractivity contribution in [2.45, 2.75) is 69.9 Å². The first-order valence-corrected chi connectivity index (χ1v) is 14.4. The van der Waals surface area contributed by atoms with Gasteiger partial charge in [0.05, 0.1) is 24.8 Å². The zero-order chi connectivity index (χ0) is 27.3. The first-order chi connectivity index (χ1) is 18.4. The summed E-state index contributed by atoms with van der Waals surface area (Å²) in [5, 5.41) is 9.12. The lowest BCUT2D eigenvalue weighted by molar-refractivity contribution is -0.0106. The van der Waals surface area contributed by atoms with Gasteiger partial charge in [0.25, 0.3) is 0 Å². The molecule has 214 valence electrons. The molecule has 1 unspecified atom stereocenters. The van der Waals surface area contributed by atoms with Crippen LogP contribution in [0.2, 0.25) is 5.02 Å². The molecule has 1 heterocycles. The van der Waals surface area contributed by atoms with Crippen LogP contribution in [-0.4, -0.2) is 70.0 Å². The normalized spacial score (nSPS) is 20.3. The molecule has 3 amide bonds. The van der Waals surface area contributed by atoms with Gasteiger partial charge in [-0.25, -0.2) is 14.0 Å². The molecule has 0 bridgehead atoms. The maximum Gasteiger partial charge on any atom is 0.406 e. The lowest BCUT2D eigenvalue weighted by atomic mass is 9.88. The number of ether oxygens (including phenoxy) is 2. The molecule has 1 aromatic carbocycles. The van der Waals surface area contributed by atoms with Crippen LogP contribution < -0.4 is 16.0 Å². The van der Waals surface area contributed by atoms with E-state index in [-0.39, 0.29) is 36.2 Å². The molecule has 0 spiro atoms. The van der Waals surface area contributed by atoms with Crippen LogP contribution in [0.3, 0.4) is 0 Å². The second-order valence-corrected chi connectivity index (χ2v) is 10.9. The number of halogens is 2. The van der Waals surface area contributed by atoms with Crippen LogP contribution in [0.1, 0.15) is 69.5 Å². The summed E-state index contributed by atoms with van der Waals surface area (Å²) in [7, 11) is 3.21. The Morgan fingerprint density at radius 3 is 2.63 bits per heavy atom. The number of rotatable bonds is 11. The van der Waals surface area contributed by atoms with Crippen molar-refractivity contribution in [1.82, 2.24) is 20.9 Å². The van der Waals surface area contributed by atoms with E-state index in [2.05, 4.69) is 20.7 Å². The number of likely N-dealkylation sites (tertiary alicyclic amines) is 1. The second kappa shape index (κ2) is 16.1. The predicted octanol–water partition coefficient (Wildman–Crippen LogP) is 5.26. The molecule has 1 aliphatic heterocycles. The maximum atomic E-state index is 15.1. The number of carbonyl (C=O) groups excluding carboxylic acids is 2. The summed E-state index contributed by atoms with van der Waals surface area (Å²) in [5.41, 5.74) is 0.365. The SMILES string of the molecule is CNC[C@H](CC1CCCCCC1)NC(=O)N1CCC[C@@H](C(OCCNC(=O)OC)c2cccc(Cl)c2F)C1. The fourth-order valence-electron chi connectivity index (χ4n) is 5.78. The van der Waals surface area contributed by atoms with Crippen LogP contribution in [0.4, 0.5) is 14.0 Å². The minimum Gasteiger partial charge on any atom is -0.453 e. The van der Waals surface area contributed by atoms with E-state index < -0.39 is 18.0 Å². The number of piperidine rings is 1. The Labute approximate surface area is 231 Å². The number of amides is 3. The molecule has 0 aromatic heterocycles. The summed E-state index contributed by atoms with van der Waals surface area (Å²) < 4.78 is 25.8. The number of alkyl carbamates (subject to hydrolysis) is 1. The van der Waals surface area contributed by atoms with E-state index in [1.54, 1.807) is 12.1 Å². The molecule has 1 aliphatic carbocycles. The van der Waals surface area contributed by atoms with Gasteiger partial charge < -0.3 is 30.3 Å². The summed E-state index contributed by atoms with van der Waals surface area (Å²) in [6.07, 6.45) is 9.03. The minimum absolute atomic E-state index is 0.0302. The van der Waals surface area contributed by atoms with Crippen molar-refractivity contribution < 1.29 is 23.5 Å². The lowest BCUT2D eigenvalue weighted by Gasteiger charge is -2.38. The molecule has 2 fully saturated rings. The first kappa shape index (κ1) is 30.4. The van der Waals surface area contributed by atoms with Gasteiger partial charge in [0.1, 0.15) is 5.82 Å². The zero-order valence-electron chi connectivity index (χ0n) is 22.8. The molecule has 38 heavy (non-hydrogen) atoms. The van der Waals surface area contributed by atoms with Crippen molar-refractivity contribution in [1.29, 1.82) is 0 Å². The molecule has 10 heteroatoms. The molecule has 2 aliphatic rings. The van der Waals surface area contributed by atoms with Gasteiger partial charge in [0.15, 0.2) is 0 Å². The van der Waals surface area contributed by atoms with Gasteiger partial charge in [0.2, 0.25) is 0 Å². The molecule has 1 aromatic rings. The first-order valence-electron chi connectivity index (χ1n) is 14.0. The van der Waals surface area contributed by atoms with Crippen LogP contribution in [0.5, 0.6) is 0 Å². The van der Waals surface area contributed by atoms with Crippen molar-refractivity contribution in [3.05, 3.63) is 34.6 Å². The number of carbonyl (C=O) groups is 2. The van der Waals surface area contributed by atoms with E-state index in [4.69, 9.17) is 16.3 Å². The molecular formula is C28H44ClFN4O4. The molecule has 1 saturated heterocycles. The lowest BCUT2D eigenvalue weighted by Crippen LogP contribution is -2.52. The van der Waals surface area contributed by atoms with E-state index in [1.165, 1.54) is 51.7 Å². The Bertz CT molecular complexity index is 884. The summed E-state index contributed by atoms with van der Waals surface area (Å²) in [6.45, 7) is 2.20.